The van der Waals surface area contributed by atoms with Crippen molar-refractivity contribution in [2.75, 3.05) is 10.6 Å². The molecule has 1 heterocycles. The van der Waals surface area contributed by atoms with Gasteiger partial charge in [0.25, 0.3) is 0 Å². The molecule has 1 aromatic heterocycles. The molecule has 2 N–H and O–H groups in total. The molecule has 0 aliphatic carbocycles. The first-order chi connectivity index (χ1) is 12.1. The van der Waals surface area contributed by atoms with Gasteiger partial charge in [0, 0.05) is 23.4 Å². The van der Waals surface area contributed by atoms with Gasteiger partial charge in [-0.1, -0.05) is 43.3 Å². The van der Waals surface area contributed by atoms with E-state index in [1.54, 1.807) is 12.1 Å². The Morgan fingerprint density at radius 3 is 2.44 bits per heavy atom. The largest absolute Gasteiger partial charge is 0.367 e. The first-order valence-corrected chi connectivity index (χ1v) is 8.37. The van der Waals surface area contributed by atoms with Crippen molar-refractivity contribution >= 4 is 17.3 Å². The number of nitrogens with one attached hydrogen (secondary N) is 2. The average Bonchev–Trinajstić information content (AvgIpc) is 2.62. The highest BCUT2D eigenvalue weighted by atomic mass is 19.1. The van der Waals surface area contributed by atoms with Gasteiger partial charge in [-0.2, -0.15) is 0 Å². The molecule has 0 aliphatic heterocycles. The van der Waals surface area contributed by atoms with Crippen molar-refractivity contribution < 1.29 is 4.39 Å². The Hall–Kier alpha value is -2.95. The zero-order valence-corrected chi connectivity index (χ0v) is 14.3. The van der Waals surface area contributed by atoms with Gasteiger partial charge in [-0.05, 0) is 31.5 Å². The molecule has 0 aliphatic rings. The van der Waals surface area contributed by atoms with Crippen LogP contribution in [0.4, 0.5) is 21.7 Å². The van der Waals surface area contributed by atoms with Crippen LogP contribution in [0, 0.1) is 5.82 Å². The fraction of sp³-hybridized carbons (Fsp3) is 0.200. The Morgan fingerprint density at radius 1 is 0.960 bits per heavy atom. The second kappa shape index (κ2) is 7.75. The molecule has 1 unspecified atom stereocenters. The van der Waals surface area contributed by atoms with Crippen LogP contribution in [0.1, 0.15) is 20.3 Å². The minimum Gasteiger partial charge on any atom is -0.367 e. The van der Waals surface area contributed by atoms with E-state index < -0.39 is 0 Å². The van der Waals surface area contributed by atoms with E-state index in [1.165, 1.54) is 12.1 Å². The van der Waals surface area contributed by atoms with Crippen LogP contribution in [0.2, 0.25) is 0 Å². The number of hydrogen-bond acceptors (Lipinski definition) is 4. The highest BCUT2D eigenvalue weighted by Gasteiger charge is 2.09. The molecule has 5 heteroatoms. The molecule has 0 spiro atoms. The number of rotatable bonds is 6. The topological polar surface area (TPSA) is 49.8 Å². The Balaban J connectivity index is 1.97. The Labute approximate surface area is 147 Å². The average molecular weight is 336 g/mol. The molecular formula is C20H21FN4. The van der Waals surface area contributed by atoms with Crippen LogP contribution in [0.25, 0.3) is 11.4 Å². The van der Waals surface area contributed by atoms with Crippen LogP contribution in [0.3, 0.4) is 0 Å². The molecule has 4 nitrogen and oxygen atoms in total. The van der Waals surface area contributed by atoms with Gasteiger partial charge in [-0.3, -0.25) is 0 Å². The molecule has 0 bridgehead atoms. The number of hydrogen-bond donors (Lipinski definition) is 2. The molecule has 0 saturated heterocycles. The predicted molar refractivity (Wildman–Crippen MR) is 101 cm³/mol. The minimum absolute atomic E-state index is 0.291. The maximum Gasteiger partial charge on any atom is 0.163 e. The molecule has 1 atom stereocenters. The fourth-order valence-electron chi connectivity index (χ4n) is 2.37. The predicted octanol–water partition coefficient (Wildman–Crippen LogP) is 5.24. The highest BCUT2D eigenvalue weighted by molar-refractivity contribution is 5.65. The Bertz CT molecular complexity index is 836. The van der Waals surface area contributed by atoms with Gasteiger partial charge >= 0.3 is 0 Å². The standard InChI is InChI=1S/C20H21FN4/c1-3-14(2)22-18-13-19(23-17-11-7-10-16(21)12-17)25-20(24-18)15-8-5-4-6-9-15/h4-14H,3H2,1-2H3,(H2,22,23,24,25). The maximum absolute atomic E-state index is 13.4. The summed E-state index contributed by atoms with van der Waals surface area (Å²) in [5.41, 5.74) is 1.57. The summed E-state index contributed by atoms with van der Waals surface area (Å²) >= 11 is 0. The van der Waals surface area contributed by atoms with E-state index >= 15 is 0 Å². The lowest BCUT2D eigenvalue weighted by atomic mass is 10.2. The van der Waals surface area contributed by atoms with Crippen LogP contribution in [-0.4, -0.2) is 16.0 Å². The minimum atomic E-state index is -0.291. The summed E-state index contributed by atoms with van der Waals surface area (Å²) in [6.45, 7) is 4.22. The molecular weight excluding hydrogens is 315 g/mol. The van der Waals surface area contributed by atoms with Gasteiger partial charge in [0.05, 0.1) is 0 Å². The molecule has 3 aromatic rings. The molecule has 0 saturated carbocycles. The summed E-state index contributed by atoms with van der Waals surface area (Å²) in [5, 5.41) is 6.53. The summed E-state index contributed by atoms with van der Waals surface area (Å²) in [4.78, 5) is 9.19. The van der Waals surface area contributed by atoms with Crippen LogP contribution in [-0.2, 0) is 0 Å². The zero-order chi connectivity index (χ0) is 17.6. The first kappa shape index (κ1) is 16.9. The molecule has 128 valence electrons. The normalized spacial score (nSPS) is 11.8. The van der Waals surface area contributed by atoms with Gasteiger partial charge in [0.2, 0.25) is 0 Å². The summed E-state index contributed by atoms with van der Waals surface area (Å²) in [6, 6.07) is 18.2. The maximum atomic E-state index is 13.4. The van der Waals surface area contributed by atoms with Gasteiger partial charge < -0.3 is 10.6 Å². The number of halogens is 1. The van der Waals surface area contributed by atoms with Crippen molar-refractivity contribution in [3.05, 3.63) is 66.5 Å². The molecule has 0 radical (unpaired) electrons. The smallest absolute Gasteiger partial charge is 0.163 e. The van der Waals surface area contributed by atoms with Crippen molar-refractivity contribution in [3.8, 4) is 11.4 Å². The highest BCUT2D eigenvalue weighted by Crippen LogP contribution is 2.23. The number of nitrogens with zero attached hydrogens (tertiary/aromatic N) is 2. The molecule has 0 fully saturated rings. The van der Waals surface area contributed by atoms with E-state index in [9.17, 15) is 4.39 Å². The van der Waals surface area contributed by atoms with E-state index in [1.807, 2.05) is 36.4 Å². The lowest BCUT2D eigenvalue weighted by Gasteiger charge is -2.15. The number of anilines is 3. The van der Waals surface area contributed by atoms with Crippen molar-refractivity contribution in [1.82, 2.24) is 9.97 Å². The SMILES string of the molecule is CCC(C)Nc1cc(Nc2cccc(F)c2)nc(-c2ccccc2)n1. The van der Waals surface area contributed by atoms with Crippen molar-refractivity contribution in [2.24, 2.45) is 0 Å². The van der Waals surface area contributed by atoms with E-state index in [4.69, 9.17) is 0 Å². The Morgan fingerprint density at radius 2 is 1.72 bits per heavy atom. The Kier molecular flexibility index (Phi) is 5.23. The van der Waals surface area contributed by atoms with Crippen LogP contribution in [0.5, 0.6) is 0 Å². The lowest BCUT2D eigenvalue weighted by Crippen LogP contribution is -2.15. The van der Waals surface area contributed by atoms with Crippen LogP contribution < -0.4 is 10.6 Å². The quantitative estimate of drug-likeness (QED) is 0.646. The van der Waals surface area contributed by atoms with Gasteiger partial charge in [-0.25, -0.2) is 14.4 Å². The third-order valence-electron chi connectivity index (χ3n) is 3.86. The third kappa shape index (κ3) is 4.53. The number of benzene rings is 2. The second-order valence-electron chi connectivity index (χ2n) is 5.92. The summed E-state index contributed by atoms with van der Waals surface area (Å²) in [7, 11) is 0. The molecule has 0 amide bonds. The van der Waals surface area contributed by atoms with E-state index in [0.717, 1.165) is 17.8 Å². The fourth-order valence-corrected chi connectivity index (χ4v) is 2.37. The van der Waals surface area contributed by atoms with Crippen LogP contribution >= 0.6 is 0 Å². The van der Waals surface area contributed by atoms with Crippen molar-refractivity contribution in [3.63, 3.8) is 0 Å². The van der Waals surface area contributed by atoms with Crippen molar-refractivity contribution in [2.45, 2.75) is 26.3 Å². The van der Waals surface area contributed by atoms with Gasteiger partial charge in [0.1, 0.15) is 17.5 Å². The first-order valence-electron chi connectivity index (χ1n) is 8.37. The van der Waals surface area contributed by atoms with E-state index in [-0.39, 0.29) is 5.82 Å². The second-order valence-corrected chi connectivity index (χ2v) is 5.92. The van der Waals surface area contributed by atoms with Crippen molar-refractivity contribution in [1.29, 1.82) is 0 Å². The monoisotopic (exact) mass is 336 g/mol. The van der Waals surface area contributed by atoms with Gasteiger partial charge in [-0.15, -0.1) is 0 Å². The summed E-state index contributed by atoms with van der Waals surface area (Å²) in [5.74, 6) is 1.68. The third-order valence-corrected chi connectivity index (χ3v) is 3.86. The molecule has 2 aromatic carbocycles. The van der Waals surface area contributed by atoms with Crippen LogP contribution in [0.15, 0.2) is 60.7 Å². The zero-order valence-electron chi connectivity index (χ0n) is 14.3. The summed E-state index contributed by atoms with van der Waals surface area (Å²) < 4.78 is 13.4. The molecule has 25 heavy (non-hydrogen) atoms. The molecule has 3 rings (SSSR count). The van der Waals surface area contributed by atoms with E-state index in [0.29, 0.717) is 23.4 Å². The van der Waals surface area contributed by atoms with Gasteiger partial charge in [0.15, 0.2) is 5.82 Å². The summed E-state index contributed by atoms with van der Waals surface area (Å²) in [6.07, 6.45) is 0.983. The lowest BCUT2D eigenvalue weighted by molar-refractivity contribution is 0.628. The number of aromatic nitrogens is 2. The van der Waals surface area contributed by atoms with E-state index in [2.05, 4.69) is 34.4 Å².